The predicted octanol–water partition coefficient (Wildman–Crippen LogP) is 2.78. The van der Waals surface area contributed by atoms with Gasteiger partial charge in [-0.2, -0.15) is 0 Å². The Labute approximate surface area is 103 Å². The molecule has 2 N–H and O–H groups in total. The number of hydrogen-bond donors (Lipinski definition) is 1. The number of anilines is 1. The summed E-state index contributed by atoms with van der Waals surface area (Å²) in [7, 11) is 0. The van der Waals surface area contributed by atoms with Crippen molar-refractivity contribution in [2.45, 2.75) is 38.7 Å². The molecule has 1 aromatic rings. The van der Waals surface area contributed by atoms with Gasteiger partial charge >= 0.3 is 0 Å². The zero-order valence-corrected chi connectivity index (χ0v) is 10.4. The largest absolute Gasteiger partial charge is 0.491 e. The lowest BCUT2D eigenvalue weighted by Crippen LogP contribution is -2.11. The van der Waals surface area contributed by atoms with Crippen LogP contribution in [0.4, 0.5) is 5.69 Å². The standard InChI is InChI=1S/C14H21NO2/c1-2-11-5-6-14(13(15)10-11)17-9-7-12-4-3-8-16-12/h5-6,10,12H,2-4,7-9,15H2,1H3. The van der Waals surface area contributed by atoms with Gasteiger partial charge in [0.2, 0.25) is 0 Å². The van der Waals surface area contributed by atoms with Crippen molar-refractivity contribution in [3.05, 3.63) is 23.8 Å². The molecule has 94 valence electrons. The van der Waals surface area contributed by atoms with E-state index in [4.69, 9.17) is 15.2 Å². The molecule has 0 bridgehead atoms. The van der Waals surface area contributed by atoms with Gasteiger partial charge in [0.1, 0.15) is 5.75 Å². The number of benzene rings is 1. The predicted molar refractivity (Wildman–Crippen MR) is 69.3 cm³/mol. The zero-order chi connectivity index (χ0) is 12.1. The third kappa shape index (κ3) is 3.37. The second-order valence-electron chi connectivity index (χ2n) is 4.50. The van der Waals surface area contributed by atoms with E-state index in [2.05, 4.69) is 13.0 Å². The minimum atomic E-state index is 0.381. The van der Waals surface area contributed by atoms with Crippen LogP contribution in [0.15, 0.2) is 18.2 Å². The van der Waals surface area contributed by atoms with Gasteiger partial charge in [0, 0.05) is 13.0 Å². The van der Waals surface area contributed by atoms with E-state index in [0.717, 1.165) is 37.3 Å². The monoisotopic (exact) mass is 235 g/mol. The molecular weight excluding hydrogens is 214 g/mol. The number of rotatable bonds is 5. The van der Waals surface area contributed by atoms with Crippen molar-refractivity contribution in [2.24, 2.45) is 0 Å². The molecule has 1 heterocycles. The van der Waals surface area contributed by atoms with E-state index in [1.807, 2.05) is 12.1 Å². The molecule has 3 nitrogen and oxygen atoms in total. The van der Waals surface area contributed by atoms with Crippen molar-refractivity contribution in [3.8, 4) is 5.75 Å². The first-order valence-corrected chi connectivity index (χ1v) is 6.42. The molecule has 17 heavy (non-hydrogen) atoms. The SMILES string of the molecule is CCc1ccc(OCCC2CCCO2)c(N)c1. The molecule has 2 rings (SSSR count). The van der Waals surface area contributed by atoms with Gasteiger partial charge in [-0.25, -0.2) is 0 Å². The molecule has 1 aliphatic heterocycles. The van der Waals surface area contributed by atoms with Crippen LogP contribution in [-0.2, 0) is 11.2 Å². The highest BCUT2D eigenvalue weighted by Crippen LogP contribution is 2.23. The van der Waals surface area contributed by atoms with Gasteiger partial charge in [-0.1, -0.05) is 13.0 Å². The van der Waals surface area contributed by atoms with Gasteiger partial charge in [0.25, 0.3) is 0 Å². The molecule has 0 aliphatic carbocycles. The molecule has 0 radical (unpaired) electrons. The van der Waals surface area contributed by atoms with Gasteiger partial charge in [-0.15, -0.1) is 0 Å². The van der Waals surface area contributed by atoms with Crippen molar-refractivity contribution >= 4 is 5.69 Å². The van der Waals surface area contributed by atoms with Crippen molar-refractivity contribution in [2.75, 3.05) is 18.9 Å². The first-order valence-electron chi connectivity index (χ1n) is 6.42. The van der Waals surface area contributed by atoms with Crippen LogP contribution in [-0.4, -0.2) is 19.3 Å². The molecule has 1 aromatic carbocycles. The normalized spacial score (nSPS) is 19.5. The lowest BCUT2D eigenvalue weighted by atomic mass is 10.1. The van der Waals surface area contributed by atoms with Gasteiger partial charge in [0.05, 0.1) is 18.4 Å². The summed E-state index contributed by atoms with van der Waals surface area (Å²) in [5, 5.41) is 0. The summed E-state index contributed by atoms with van der Waals surface area (Å²) in [5.41, 5.74) is 7.91. The maximum atomic E-state index is 5.93. The number of aryl methyl sites for hydroxylation is 1. The number of hydrogen-bond acceptors (Lipinski definition) is 3. The second-order valence-corrected chi connectivity index (χ2v) is 4.50. The number of nitrogen functional groups attached to an aromatic ring is 1. The van der Waals surface area contributed by atoms with E-state index in [-0.39, 0.29) is 0 Å². The number of nitrogens with two attached hydrogens (primary N) is 1. The molecule has 0 spiro atoms. The highest BCUT2D eigenvalue weighted by Gasteiger charge is 2.15. The highest BCUT2D eigenvalue weighted by atomic mass is 16.5. The Balaban J connectivity index is 1.81. The fourth-order valence-electron chi connectivity index (χ4n) is 2.12. The molecule has 0 amide bonds. The van der Waals surface area contributed by atoms with E-state index in [1.165, 1.54) is 12.0 Å². The summed E-state index contributed by atoms with van der Waals surface area (Å²) < 4.78 is 11.2. The molecule has 1 atom stereocenters. The van der Waals surface area contributed by atoms with Crippen molar-refractivity contribution in [1.82, 2.24) is 0 Å². The summed E-state index contributed by atoms with van der Waals surface area (Å²) >= 11 is 0. The Hall–Kier alpha value is -1.22. The Morgan fingerprint density at radius 1 is 1.47 bits per heavy atom. The Morgan fingerprint density at radius 3 is 3.00 bits per heavy atom. The average Bonchev–Trinajstić information content (AvgIpc) is 2.84. The minimum Gasteiger partial charge on any atom is -0.491 e. The minimum absolute atomic E-state index is 0.381. The van der Waals surface area contributed by atoms with Crippen LogP contribution in [0.1, 0.15) is 31.7 Å². The summed E-state index contributed by atoms with van der Waals surface area (Å²) in [4.78, 5) is 0. The van der Waals surface area contributed by atoms with Crippen molar-refractivity contribution in [1.29, 1.82) is 0 Å². The lowest BCUT2D eigenvalue weighted by Gasteiger charge is -2.12. The quantitative estimate of drug-likeness (QED) is 0.798. The molecule has 1 saturated heterocycles. The van der Waals surface area contributed by atoms with E-state index in [0.29, 0.717) is 12.7 Å². The van der Waals surface area contributed by atoms with E-state index < -0.39 is 0 Å². The fraction of sp³-hybridized carbons (Fsp3) is 0.571. The molecule has 0 aromatic heterocycles. The van der Waals surface area contributed by atoms with Crippen molar-refractivity contribution in [3.63, 3.8) is 0 Å². The van der Waals surface area contributed by atoms with Crippen LogP contribution in [0.3, 0.4) is 0 Å². The first kappa shape index (κ1) is 12.2. The summed E-state index contributed by atoms with van der Waals surface area (Å²) in [5.74, 6) is 0.792. The van der Waals surface area contributed by atoms with Crippen LogP contribution < -0.4 is 10.5 Å². The van der Waals surface area contributed by atoms with Gasteiger partial charge in [-0.05, 0) is 37.0 Å². The van der Waals surface area contributed by atoms with E-state index in [1.54, 1.807) is 0 Å². The second kappa shape index (κ2) is 5.92. The topological polar surface area (TPSA) is 44.5 Å². The maximum Gasteiger partial charge on any atom is 0.142 e. The maximum absolute atomic E-state index is 5.93. The zero-order valence-electron chi connectivity index (χ0n) is 10.4. The molecule has 1 aliphatic rings. The van der Waals surface area contributed by atoms with Crippen LogP contribution in [0, 0.1) is 0 Å². The van der Waals surface area contributed by atoms with E-state index in [9.17, 15) is 0 Å². The molecule has 1 unspecified atom stereocenters. The molecule has 3 heteroatoms. The number of ether oxygens (including phenoxy) is 2. The smallest absolute Gasteiger partial charge is 0.142 e. The Bertz CT molecular complexity index is 359. The lowest BCUT2D eigenvalue weighted by molar-refractivity contribution is 0.0904. The fourth-order valence-corrected chi connectivity index (χ4v) is 2.12. The Morgan fingerprint density at radius 2 is 2.35 bits per heavy atom. The van der Waals surface area contributed by atoms with Crippen molar-refractivity contribution < 1.29 is 9.47 Å². The van der Waals surface area contributed by atoms with Crippen LogP contribution in [0.2, 0.25) is 0 Å². The van der Waals surface area contributed by atoms with Gasteiger partial charge in [-0.3, -0.25) is 0 Å². The van der Waals surface area contributed by atoms with Crippen LogP contribution >= 0.6 is 0 Å². The summed E-state index contributed by atoms with van der Waals surface area (Å²) in [6.45, 7) is 3.70. The molecule has 1 fully saturated rings. The summed E-state index contributed by atoms with van der Waals surface area (Å²) in [6.07, 6.45) is 4.67. The van der Waals surface area contributed by atoms with Crippen LogP contribution in [0.5, 0.6) is 5.75 Å². The Kier molecular flexibility index (Phi) is 4.26. The average molecular weight is 235 g/mol. The first-order chi connectivity index (χ1) is 8.29. The molecular formula is C14H21NO2. The van der Waals surface area contributed by atoms with Crippen LogP contribution in [0.25, 0.3) is 0 Å². The third-order valence-corrected chi connectivity index (χ3v) is 3.20. The van der Waals surface area contributed by atoms with Gasteiger partial charge in [0.15, 0.2) is 0 Å². The van der Waals surface area contributed by atoms with E-state index >= 15 is 0 Å². The summed E-state index contributed by atoms with van der Waals surface area (Å²) in [6, 6.07) is 6.02. The highest BCUT2D eigenvalue weighted by molar-refractivity contribution is 5.54. The third-order valence-electron chi connectivity index (χ3n) is 3.20. The van der Waals surface area contributed by atoms with Gasteiger partial charge < -0.3 is 15.2 Å². The molecule has 0 saturated carbocycles.